The average molecular weight is 270 g/mol. The molecular weight excluding hydrogens is 264 g/mol. The Hall–Kier alpha value is -3.04. The summed E-state index contributed by atoms with van der Waals surface area (Å²) >= 11 is 0. The summed E-state index contributed by atoms with van der Waals surface area (Å²) in [6.07, 6.45) is 0. The Balaban J connectivity index is 3.75. The van der Waals surface area contributed by atoms with Gasteiger partial charge in [0.15, 0.2) is 5.56 Å². The second-order valence-corrected chi connectivity index (χ2v) is 3.20. The summed E-state index contributed by atoms with van der Waals surface area (Å²) in [6, 6.07) is 1.06. The van der Waals surface area contributed by atoms with E-state index in [1.165, 1.54) is 0 Å². The summed E-state index contributed by atoms with van der Waals surface area (Å²) in [4.78, 5) is 41.6. The Labute approximate surface area is 104 Å². The number of carbonyl (C=O) groups excluding carboxylic acids is 1. The minimum atomic E-state index is -1.72. The van der Waals surface area contributed by atoms with Crippen LogP contribution in [0.2, 0.25) is 0 Å². The monoisotopic (exact) mass is 270 g/mol. The quantitative estimate of drug-likeness (QED) is 0.483. The van der Waals surface area contributed by atoms with Crippen molar-refractivity contribution in [3.63, 3.8) is 0 Å². The van der Waals surface area contributed by atoms with Gasteiger partial charge in [0.05, 0.1) is 28.6 Å². The van der Waals surface area contributed by atoms with E-state index in [0.717, 1.165) is 7.11 Å². The van der Waals surface area contributed by atoms with Crippen LogP contribution in [0.15, 0.2) is 12.1 Å². The van der Waals surface area contributed by atoms with E-state index in [1.54, 1.807) is 0 Å². The Bertz CT molecular complexity index is 559. The summed E-state index contributed by atoms with van der Waals surface area (Å²) < 4.78 is 4.24. The number of benzene rings is 1. The molecule has 0 amide bonds. The van der Waals surface area contributed by atoms with E-state index in [2.05, 4.69) is 4.74 Å². The first-order valence-electron chi connectivity index (χ1n) is 4.58. The van der Waals surface area contributed by atoms with Crippen molar-refractivity contribution in [1.29, 1.82) is 0 Å². The molecule has 100 valence electrons. The third-order valence-corrected chi connectivity index (χ3v) is 2.13. The number of nitrogens with zero attached hydrogens (tertiary/aromatic N) is 2. The average Bonchev–Trinajstić information content (AvgIpc) is 2.35. The first kappa shape index (κ1) is 14.0. The lowest BCUT2D eigenvalue weighted by atomic mass is 10.0. The highest BCUT2D eigenvalue weighted by Crippen LogP contribution is 2.29. The number of rotatable bonds is 4. The van der Waals surface area contributed by atoms with Crippen molar-refractivity contribution in [2.24, 2.45) is 0 Å². The predicted octanol–water partition coefficient (Wildman–Crippen LogP) is 0.988. The molecule has 0 aromatic heterocycles. The number of methoxy groups -OCH3 is 1. The van der Waals surface area contributed by atoms with Crippen LogP contribution in [0.5, 0.6) is 0 Å². The lowest BCUT2D eigenvalue weighted by Gasteiger charge is -2.05. The number of nitro benzene ring substituents is 2. The van der Waals surface area contributed by atoms with Crippen molar-refractivity contribution in [3.8, 4) is 0 Å². The summed E-state index contributed by atoms with van der Waals surface area (Å²) in [5.41, 5.74) is -3.52. The van der Waals surface area contributed by atoms with E-state index in [4.69, 9.17) is 5.11 Å². The zero-order chi connectivity index (χ0) is 14.7. The van der Waals surface area contributed by atoms with Crippen LogP contribution in [0.1, 0.15) is 20.7 Å². The van der Waals surface area contributed by atoms with Gasteiger partial charge in [-0.3, -0.25) is 20.2 Å². The van der Waals surface area contributed by atoms with Gasteiger partial charge in [0, 0.05) is 6.07 Å². The van der Waals surface area contributed by atoms with Crippen molar-refractivity contribution in [2.45, 2.75) is 0 Å². The fourth-order valence-corrected chi connectivity index (χ4v) is 1.35. The van der Waals surface area contributed by atoms with Crippen LogP contribution in [0.25, 0.3) is 0 Å². The van der Waals surface area contributed by atoms with Crippen LogP contribution < -0.4 is 0 Å². The maximum atomic E-state index is 11.4. The number of carboxylic acid groups (broad SMARTS) is 1. The molecule has 0 aliphatic carbocycles. The third-order valence-electron chi connectivity index (χ3n) is 2.13. The molecule has 0 atom stereocenters. The normalized spacial score (nSPS) is 9.74. The maximum absolute atomic E-state index is 11.4. The summed E-state index contributed by atoms with van der Waals surface area (Å²) in [7, 11) is 0.902. The summed E-state index contributed by atoms with van der Waals surface area (Å²) in [6.45, 7) is 0. The van der Waals surface area contributed by atoms with E-state index in [1.807, 2.05) is 0 Å². The van der Waals surface area contributed by atoms with Crippen molar-refractivity contribution in [2.75, 3.05) is 7.11 Å². The Morgan fingerprint density at radius 2 is 1.79 bits per heavy atom. The van der Waals surface area contributed by atoms with Crippen LogP contribution in [-0.2, 0) is 4.74 Å². The van der Waals surface area contributed by atoms with Gasteiger partial charge in [-0.1, -0.05) is 0 Å². The molecular formula is C9H6N2O8. The second kappa shape index (κ2) is 5.08. The number of non-ortho nitro benzene ring substituents is 1. The van der Waals surface area contributed by atoms with E-state index in [-0.39, 0.29) is 0 Å². The van der Waals surface area contributed by atoms with Crippen molar-refractivity contribution >= 4 is 23.3 Å². The van der Waals surface area contributed by atoms with Gasteiger partial charge >= 0.3 is 11.9 Å². The fraction of sp³-hybridized carbons (Fsp3) is 0.111. The molecule has 0 fully saturated rings. The first-order valence-corrected chi connectivity index (χ1v) is 4.58. The van der Waals surface area contributed by atoms with Crippen LogP contribution in [0.3, 0.4) is 0 Å². The second-order valence-electron chi connectivity index (χ2n) is 3.20. The molecule has 0 bridgehead atoms. The minimum absolute atomic E-state index is 0.499. The SMILES string of the molecule is COC(=O)c1c(C(=O)O)cc([N+](=O)[O-])cc1[N+](=O)[O-]. The van der Waals surface area contributed by atoms with Crippen molar-refractivity contribution in [3.05, 3.63) is 43.5 Å². The lowest BCUT2D eigenvalue weighted by Crippen LogP contribution is -2.13. The van der Waals surface area contributed by atoms with Gasteiger partial charge in [-0.05, 0) is 0 Å². The highest BCUT2D eigenvalue weighted by atomic mass is 16.6. The van der Waals surface area contributed by atoms with Gasteiger partial charge in [-0.25, -0.2) is 9.59 Å². The number of carbonyl (C=O) groups is 2. The fourth-order valence-electron chi connectivity index (χ4n) is 1.35. The number of ether oxygens (including phenoxy) is 1. The van der Waals surface area contributed by atoms with E-state index in [9.17, 15) is 29.8 Å². The molecule has 0 spiro atoms. The maximum Gasteiger partial charge on any atom is 0.345 e. The number of aromatic carboxylic acids is 1. The molecule has 0 saturated heterocycles. The Kier molecular flexibility index (Phi) is 3.75. The largest absolute Gasteiger partial charge is 0.478 e. The molecule has 1 aromatic rings. The Morgan fingerprint density at radius 1 is 1.21 bits per heavy atom. The van der Waals surface area contributed by atoms with Gasteiger partial charge in [-0.2, -0.15) is 0 Å². The van der Waals surface area contributed by atoms with Gasteiger partial charge in [0.2, 0.25) is 0 Å². The minimum Gasteiger partial charge on any atom is -0.478 e. The van der Waals surface area contributed by atoms with Crippen LogP contribution >= 0.6 is 0 Å². The molecule has 0 unspecified atom stereocenters. The van der Waals surface area contributed by atoms with Crippen LogP contribution in [0.4, 0.5) is 11.4 Å². The predicted molar refractivity (Wildman–Crippen MR) is 58.0 cm³/mol. The highest BCUT2D eigenvalue weighted by molar-refractivity contribution is 6.06. The number of hydrogen-bond donors (Lipinski definition) is 1. The summed E-state index contributed by atoms with van der Waals surface area (Å²) in [5, 5.41) is 30.2. The number of esters is 1. The van der Waals surface area contributed by atoms with Gasteiger partial charge in [0.25, 0.3) is 11.4 Å². The molecule has 0 saturated carbocycles. The highest BCUT2D eigenvalue weighted by Gasteiger charge is 2.32. The smallest absolute Gasteiger partial charge is 0.345 e. The lowest BCUT2D eigenvalue weighted by molar-refractivity contribution is -0.394. The first-order chi connectivity index (χ1) is 8.79. The van der Waals surface area contributed by atoms with Crippen molar-refractivity contribution in [1.82, 2.24) is 0 Å². The van der Waals surface area contributed by atoms with Gasteiger partial charge < -0.3 is 9.84 Å². The van der Waals surface area contributed by atoms with Crippen LogP contribution in [0, 0.1) is 20.2 Å². The molecule has 1 N–H and O–H groups in total. The summed E-state index contributed by atoms with van der Waals surface area (Å²) in [5.74, 6) is -2.98. The van der Waals surface area contributed by atoms with E-state index >= 15 is 0 Å². The van der Waals surface area contributed by atoms with E-state index in [0.29, 0.717) is 12.1 Å². The molecule has 0 aliphatic rings. The molecule has 0 heterocycles. The Morgan fingerprint density at radius 3 is 2.16 bits per heavy atom. The topological polar surface area (TPSA) is 150 Å². The number of carboxylic acids is 1. The van der Waals surface area contributed by atoms with E-state index < -0.39 is 44.3 Å². The molecule has 19 heavy (non-hydrogen) atoms. The van der Waals surface area contributed by atoms with Gasteiger partial charge in [0.1, 0.15) is 0 Å². The van der Waals surface area contributed by atoms with Gasteiger partial charge in [-0.15, -0.1) is 0 Å². The molecule has 1 rings (SSSR count). The van der Waals surface area contributed by atoms with Crippen LogP contribution in [-0.4, -0.2) is 34.0 Å². The molecule has 1 aromatic carbocycles. The molecule has 0 radical (unpaired) electrons. The molecule has 10 nitrogen and oxygen atoms in total. The molecule has 10 heteroatoms. The molecule has 0 aliphatic heterocycles. The number of nitro groups is 2. The standard InChI is InChI=1S/C9H6N2O8/c1-19-9(14)7-5(8(12)13)2-4(10(15)16)3-6(7)11(17)18/h2-3H,1H3,(H,12,13). The zero-order valence-electron chi connectivity index (χ0n) is 9.35. The third kappa shape index (κ3) is 2.62. The number of hydrogen-bond acceptors (Lipinski definition) is 7. The van der Waals surface area contributed by atoms with Crippen molar-refractivity contribution < 1.29 is 29.3 Å². The zero-order valence-corrected chi connectivity index (χ0v) is 9.35.